The van der Waals surface area contributed by atoms with Crippen LogP contribution in [-0.2, 0) is 17.1 Å². The third-order valence-electron chi connectivity index (χ3n) is 3.28. The SMILES string of the molecule is FC(F)(F)c1[nH]ncc1I.FC(F)(F)c1nn(C2CCCCO2)cc1I. The summed E-state index contributed by atoms with van der Waals surface area (Å²) >= 11 is 3.21. The normalized spacial score (nSPS) is 18.4. The van der Waals surface area contributed by atoms with Crippen LogP contribution in [-0.4, -0.2) is 26.6 Å². The number of hydrogen-bond acceptors (Lipinski definition) is 3. The quantitative estimate of drug-likeness (QED) is 0.357. The van der Waals surface area contributed by atoms with Crippen LogP contribution < -0.4 is 0 Å². The summed E-state index contributed by atoms with van der Waals surface area (Å²) in [6, 6.07) is 0. The number of hydrogen-bond donors (Lipinski definition) is 1. The lowest BCUT2D eigenvalue weighted by molar-refractivity contribution is -0.143. The molecular formula is C13H12F6I2N4O. The molecule has 1 fully saturated rings. The molecule has 13 heteroatoms. The molecular weight excluding hydrogens is 596 g/mol. The average Bonchev–Trinajstić information content (AvgIpc) is 3.14. The van der Waals surface area contributed by atoms with Gasteiger partial charge in [-0.05, 0) is 64.4 Å². The number of alkyl halides is 6. The first-order chi connectivity index (χ1) is 12.0. The Morgan fingerprint density at radius 2 is 1.77 bits per heavy atom. The number of ether oxygens (including phenoxy) is 1. The highest BCUT2D eigenvalue weighted by molar-refractivity contribution is 14.1. The standard InChI is InChI=1S/C9H10F3IN2O.C4H2F3IN2/c10-9(11,12)8-6(13)5-15(14-8)7-3-1-2-4-16-7;5-4(6,7)3-2(8)1-9-10-3/h5,7H,1-4H2;1H,(H,9,10). The van der Waals surface area contributed by atoms with Gasteiger partial charge in [0.15, 0.2) is 11.4 Å². The van der Waals surface area contributed by atoms with E-state index >= 15 is 0 Å². The van der Waals surface area contributed by atoms with Crippen molar-refractivity contribution in [2.24, 2.45) is 0 Å². The van der Waals surface area contributed by atoms with E-state index in [1.807, 2.05) is 5.10 Å². The fourth-order valence-corrected chi connectivity index (χ4v) is 3.38. The largest absolute Gasteiger partial charge is 0.436 e. The zero-order valence-corrected chi connectivity index (χ0v) is 17.1. The van der Waals surface area contributed by atoms with E-state index < -0.39 is 23.7 Å². The fourth-order valence-electron chi connectivity index (χ4n) is 2.11. The molecule has 1 N–H and O–H groups in total. The van der Waals surface area contributed by atoms with Gasteiger partial charge in [0, 0.05) is 12.8 Å². The second-order valence-corrected chi connectivity index (χ2v) is 7.54. The number of rotatable bonds is 1. The summed E-state index contributed by atoms with van der Waals surface area (Å²) in [7, 11) is 0. The topological polar surface area (TPSA) is 55.7 Å². The van der Waals surface area contributed by atoms with Crippen molar-refractivity contribution in [1.29, 1.82) is 0 Å². The molecule has 2 aromatic heterocycles. The highest BCUT2D eigenvalue weighted by Gasteiger charge is 2.37. The van der Waals surface area contributed by atoms with Crippen LogP contribution in [0.15, 0.2) is 12.4 Å². The minimum atomic E-state index is -4.39. The van der Waals surface area contributed by atoms with Crippen molar-refractivity contribution >= 4 is 45.2 Å². The second-order valence-electron chi connectivity index (χ2n) is 5.22. The third-order valence-corrected chi connectivity index (χ3v) is 4.89. The fraction of sp³-hybridized carbons (Fsp3) is 0.538. The maximum absolute atomic E-state index is 12.5. The molecule has 1 aliphatic heterocycles. The van der Waals surface area contributed by atoms with Crippen LogP contribution in [0.4, 0.5) is 26.3 Å². The Labute approximate surface area is 171 Å². The zero-order chi connectivity index (χ0) is 19.5. The number of nitrogens with one attached hydrogen (secondary N) is 1. The Morgan fingerprint density at radius 1 is 1.08 bits per heavy atom. The minimum absolute atomic E-state index is 0.0881. The van der Waals surface area contributed by atoms with Crippen molar-refractivity contribution in [3.63, 3.8) is 0 Å². The Hall–Kier alpha value is -0.580. The molecule has 0 saturated carbocycles. The number of aromatic nitrogens is 4. The monoisotopic (exact) mass is 608 g/mol. The molecule has 1 unspecified atom stereocenters. The van der Waals surface area contributed by atoms with Gasteiger partial charge in [-0.2, -0.15) is 36.5 Å². The predicted octanol–water partition coefficient (Wildman–Crippen LogP) is 5.24. The molecule has 1 atom stereocenters. The van der Waals surface area contributed by atoms with Crippen molar-refractivity contribution in [3.8, 4) is 0 Å². The van der Waals surface area contributed by atoms with Crippen molar-refractivity contribution < 1.29 is 31.1 Å². The van der Waals surface area contributed by atoms with Crippen LogP contribution in [0.2, 0.25) is 0 Å². The van der Waals surface area contributed by atoms with Crippen LogP contribution in [0.5, 0.6) is 0 Å². The summed E-state index contributed by atoms with van der Waals surface area (Å²) in [6.45, 7) is 0.586. The molecule has 0 spiro atoms. The lowest BCUT2D eigenvalue weighted by Gasteiger charge is -2.22. The predicted molar refractivity (Wildman–Crippen MR) is 95.1 cm³/mol. The van der Waals surface area contributed by atoms with Crippen LogP contribution >= 0.6 is 45.2 Å². The molecule has 0 aliphatic carbocycles. The Morgan fingerprint density at radius 3 is 2.15 bits per heavy atom. The molecule has 146 valence electrons. The number of nitrogens with zero attached hydrogens (tertiary/aromatic N) is 3. The van der Waals surface area contributed by atoms with E-state index in [0.29, 0.717) is 6.61 Å². The van der Waals surface area contributed by atoms with Crippen molar-refractivity contribution in [3.05, 3.63) is 30.9 Å². The summed E-state index contributed by atoms with van der Waals surface area (Å²) in [6.07, 6.45) is -3.90. The molecule has 1 aliphatic rings. The van der Waals surface area contributed by atoms with E-state index in [4.69, 9.17) is 4.74 Å². The van der Waals surface area contributed by atoms with Crippen molar-refractivity contribution in [2.75, 3.05) is 6.61 Å². The van der Waals surface area contributed by atoms with E-state index in [-0.39, 0.29) is 13.4 Å². The van der Waals surface area contributed by atoms with Crippen LogP contribution in [0.25, 0.3) is 0 Å². The molecule has 5 nitrogen and oxygen atoms in total. The average molecular weight is 608 g/mol. The molecule has 0 bridgehead atoms. The smallest absolute Gasteiger partial charge is 0.357 e. The van der Waals surface area contributed by atoms with Crippen LogP contribution in [0, 0.1) is 7.14 Å². The minimum Gasteiger partial charge on any atom is -0.357 e. The zero-order valence-electron chi connectivity index (χ0n) is 12.8. The van der Waals surface area contributed by atoms with Gasteiger partial charge >= 0.3 is 12.4 Å². The van der Waals surface area contributed by atoms with Gasteiger partial charge < -0.3 is 4.74 Å². The van der Waals surface area contributed by atoms with E-state index in [2.05, 4.69) is 10.2 Å². The maximum Gasteiger partial charge on any atom is 0.436 e. The lowest BCUT2D eigenvalue weighted by atomic mass is 10.2. The van der Waals surface area contributed by atoms with Gasteiger partial charge in [-0.25, -0.2) is 4.68 Å². The molecule has 3 rings (SSSR count). The Balaban J connectivity index is 0.000000209. The maximum atomic E-state index is 12.5. The molecule has 26 heavy (non-hydrogen) atoms. The van der Waals surface area contributed by atoms with E-state index in [1.54, 1.807) is 45.2 Å². The lowest BCUT2D eigenvalue weighted by Crippen LogP contribution is -2.19. The van der Waals surface area contributed by atoms with Crippen molar-refractivity contribution in [1.82, 2.24) is 20.0 Å². The highest BCUT2D eigenvalue weighted by Crippen LogP contribution is 2.33. The second kappa shape index (κ2) is 8.62. The summed E-state index contributed by atoms with van der Waals surface area (Å²) in [5.74, 6) is 0. The van der Waals surface area contributed by atoms with E-state index in [9.17, 15) is 26.3 Å². The molecule has 0 amide bonds. The molecule has 2 aromatic rings. The highest BCUT2D eigenvalue weighted by atomic mass is 127. The first-order valence-corrected chi connectivity index (χ1v) is 9.35. The van der Waals surface area contributed by atoms with Gasteiger partial charge in [-0.15, -0.1) is 0 Å². The van der Waals surface area contributed by atoms with Gasteiger partial charge in [0.2, 0.25) is 0 Å². The van der Waals surface area contributed by atoms with Crippen LogP contribution in [0.3, 0.4) is 0 Å². The molecule has 0 aromatic carbocycles. The van der Waals surface area contributed by atoms with Crippen LogP contribution in [0.1, 0.15) is 36.9 Å². The number of aromatic amines is 1. The van der Waals surface area contributed by atoms with E-state index in [0.717, 1.165) is 25.5 Å². The van der Waals surface area contributed by atoms with Gasteiger partial charge in [0.05, 0.1) is 13.3 Å². The molecule has 3 heterocycles. The van der Waals surface area contributed by atoms with Gasteiger partial charge in [-0.3, -0.25) is 5.10 Å². The number of halogens is 8. The van der Waals surface area contributed by atoms with E-state index in [1.165, 1.54) is 10.9 Å². The summed E-state index contributed by atoms with van der Waals surface area (Å²) in [5.41, 5.74) is -1.62. The summed E-state index contributed by atoms with van der Waals surface area (Å²) in [5, 5.41) is 8.66. The first-order valence-electron chi connectivity index (χ1n) is 7.19. The summed E-state index contributed by atoms with van der Waals surface area (Å²) < 4.78 is 79.8. The first kappa shape index (κ1) is 21.7. The molecule has 1 saturated heterocycles. The van der Waals surface area contributed by atoms with Gasteiger partial charge in [0.1, 0.15) is 6.23 Å². The molecule has 0 radical (unpaired) electrons. The third kappa shape index (κ3) is 5.71. The van der Waals surface area contributed by atoms with Crippen molar-refractivity contribution in [2.45, 2.75) is 37.8 Å². The summed E-state index contributed by atoms with van der Waals surface area (Å²) in [4.78, 5) is 0. The van der Waals surface area contributed by atoms with Gasteiger partial charge in [0.25, 0.3) is 0 Å². The number of H-pyrrole nitrogens is 1. The Kier molecular flexibility index (Phi) is 7.20. The Bertz CT molecular complexity index is 721. The van der Waals surface area contributed by atoms with Gasteiger partial charge in [-0.1, -0.05) is 0 Å².